The van der Waals surface area contributed by atoms with E-state index in [1.54, 1.807) is 6.07 Å². The quantitative estimate of drug-likeness (QED) is 0.739. The normalized spacial score (nSPS) is 10.8. The van der Waals surface area contributed by atoms with Crippen molar-refractivity contribution in [1.82, 2.24) is 0 Å². The minimum Gasteiger partial charge on any atom is -0.508 e. The second-order valence-corrected chi connectivity index (χ2v) is 4.43. The standard InChI is InChI=1S/C8H4FIOS/c9-6-3-12-8-5(6)1-4(11)2-7(8)10/h1-3,11H. The van der Waals surface area contributed by atoms with Crippen LogP contribution in [0.5, 0.6) is 5.75 Å². The van der Waals surface area contributed by atoms with Crippen molar-refractivity contribution < 1.29 is 9.50 Å². The van der Waals surface area contributed by atoms with Crippen molar-refractivity contribution in [3.05, 3.63) is 26.9 Å². The van der Waals surface area contributed by atoms with Crippen LogP contribution >= 0.6 is 33.9 Å². The number of hydrogen-bond donors (Lipinski definition) is 1. The Kier molecular flexibility index (Phi) is 1.96. The number of hydrogen-bond acceptors (Lipinski definition) is 2. The van der Waals surface area contributed by atoms with Crippen LogP contribution in [-0.2, 0) is 0 Å². The van der Waals surface area contributed by atoms with E-state index >= 15 is 0 Å². The van der Waals surface area contributed by atoms with Gasteiger partial charge in [0, 0.05) is 14.3 Å². The van der Waals surface area contributed by atoms with Gasteiger partial charge in [0.15, 0.2) is 0 Å². The second kappa shape index (κ2) is 2.85. The van der Waals surface area contributed by atoms with Crippen LogP contribution in [0.15, 0.2) is 17.5 Å². The van der Waals surface area contributed by atoms with Crippen LogP contribution in [0.1, 0.15) is 0 Å². The van der Waals surface area contributed by atoms with Crippen LogP contribution in [0.2, 0.25) is 0 Å². The van der Waals surface area contributed by atoms with E-state index in [9.17, 15) is 9.50 Å². The van der Waals surface area contributed by atoms with Gasteiger partial charge in [-0.2, -0.15) is 0 Å². The molecule has 1 nitrogen and oxygen atoms in total. The predicted molar refractivity (Wildman–Crippen MR) is 56.2 cm³/mol. The van der Waals surface area contributed by atoms with Gasteiger partial charge in [-0.1, -0.05) is 0 Å². The van der Waals surface area contributed by atoms with Crippen molar-refractivity contribution in [3.63, 3.8) is 0 Å². The minimum atomic E-state index is -0.260. The fraction of sp³-hybridized carbons (Fsp3) is 0. The average molecular weight is 294 g/mol. The summed E-state index contributed by atoms with van der Waals surface area (Å²) in [5.74, 6) is -0.145. The molecule has 0 bridgehead atoms. The molecule has 62 valence electrons. The Labute approximate surface area is 86.0 Å². The molecule has 1 aromatic carbocycles. The van der Waals surface area contributed by atoms with Crippen LogP contribution in [0.25, 0.3) is 10.1 Å². The summed E-state index contributed by atoms with van der Waals surface area (Å²) in [7, 11) is 0. The monoisotopic (exact) mass is 294 g/mol. The van der Waals surface area contributed by atoms with Crippen LogP contribution in [0.4, 0.5) is 4.39 Å². The SMILES string of the molecule is Oc1cc(I)c2scc(F)c2c1. The van der Waals surface area contributed by atoms with E-state index in [0.717, 1.165) is 8.27 Å². The molecule has 2 rings (SSSR count). The molecule has 12 heavy (non-hydrogen) atoms. The van der Waals surface area contributed by atoms with Gasteiger partial charge in [0.2, 0.25) is 0 Å². The van der Waals surface area contributed by atoms with Crippen molar-refractivity contribution in [2.45, 2.75) is 0 Å². The third-order valence-corrected chi connectivity index (χ3v) is 3.78. The minimum absolute atomic E-state index is 0.115. The molecule has 0 saturated carbocycles. The van der Waals surface area contributed by atoms with Gasteiger partial charge >= 0.3 is 0 Å². The highest BCUT2D eigenvalue weighted by molar-refractivity contribution is 14.1. The third-order valence-electron chi connectivity index (χ3n) is 1.57. The van der Waals surface area contributed by atoms with Crippen molar-refractivity contribution in [3.8, 4) is 5.75 Å². The van der Waals surface area contributed by atoms with Crippen LogP contribution in [-0.4, -0.2) is 5.11 Å². The van der Waals surface area contributed by atoms with E-state index in [1.807, 2.05) is 0 Å². The maximum absolute atomic E-state index is 13.0. The lowest BCUT2D eigenvalue weighted by molar-refractivity contribution is 0.475. The Morgan fingerprint density at radius 3 is 2.92 bits per heavy atom. The third kappa shape index (κ3) is 1.19. The smallest absolute Gasteiger partial charge is 0.141 e. The first-order chi connectivity index (χ1) is 5.68. The molecule has 0 atom stereocenters. The molecule has 0 fully saturated rings. The molecule has 0 aliphatic heterocycles. The summed E-state index contributed by atoms with van der Waals surface area (Å²) in [4.78, 5) is 0. The van der Waals surface area contributed by atoms with Gasteiger partial charge in [-0.3, -0.25) is 0 Å². The summed E-state index contributed by atoms with van der Waals surface area (Å²) in [6, 6.07) is 3.07. The molecule has 4 heteroatoms. The Morgan fingerprint density at radius 2 is 2.17 bits per heavy atom. The van der Waals surface area contributed by atoms with E-state index in [4.69, 9.17) is 0 Å². The van der Waals surface area contributed by atoms with E-state index in [-0.39, 0.29) is 11.6 Å². The summed E-state index contributed by atoms with van der Waals surface area (Å²) in [6.45, 7) is 0. The van der Waals surface area contributed by atoms with Crippen molar-refractivity contribution >= 4 is 44.0 Å². The topological polar surface area (TPSA) is 20.2 Å². The second-order valence-electron chi connectivity index (χ2n) is 2.39. The molecule has 2 aromatic rings. The van der Waals surface area contributed by atoms with Crippen LogP contribution in [0, 0.1) is 9.39 Å². The Balaban J connectivity index is 2.92. The molecule has 0 aliphatic rings. The van der Waals surface area contributed by atoms with Gasteiger partial charge in [0.25, 0.3) is 0 Å². The molecule has 0 amide bonds. The van der Waals surface area contributed by atoms with E-state index in [1.165, 1.54) is 22.8 Å². The van der Waals surface area contributed by atoms with Gasteiger partial charge in [-0.25, -0.2) is 4.39 Å². The van der Waals surface area contributed by atoms with Gasteiger partial charge < -0.3 is 5.11 Å². The molecular formula is C8H4FIOS. The average Bonchev–Trinajstić information content (AvgIpc) is 2.33. The Bertz CT molecular complexity index is 438. The predicted octanol–water partition coefficient (Wildman–Crippen LogP) is 3.35. The highest BCUT2D eigenvalue weighted by atomic mass is 127. The molecule has 1 heterocycles. The van der Waals surface area contributed by atoms with Gasteiger partial charge in [-0.05, 0) is 34.7 Å². The van der Waals surface area contributed by atoms with Gasteiger partial charge in [-0.15, -0.1) is 11.3 Å². The molecule has 0 unspecified atom stereocenters. The summed E-state index contributed by atoms with van der Waals surface area (Å²) < 4.78 is 14.8. The number of aromatic hydroxyl groups is 1. The lowest BCUT2D eigenvalue weighted by atomic mass is 10.2. The first-order valence-corrected chi connectivity index (χ1v) is 5.19. The van der Waals surface area contributed by atoms with E-state index < -0.39 is 0 Å². The fourth-order valence-corrected chi connectivity index (χ4v) is 2.84. The highest BCUT2D eigenvalue weighted by Gasteiger charge is 2.07. The molecule has 1 N–H and O–H groups in total. The van der Waals surface area contributed by atoms with Crippen molar-refractivity contribution in [1.29, 1.82) is 0 Å². The Morgan fingerprint density at radius 1 is 1.42 bits per heavy atom. The number of phenolic OH excluding ortho intramolecular Hbond substituents is 1. The van der Waals surface area contributed by atoms with Crippen molar-refractivity contribution in [2.75, 3.05) is 0 Å². The van der Waals surface area contributed by atoms with Crippen molar-refractivity contribution in [2.24, 2.45) is 0 Å². The summed E-state index contributed by atoms with van der Waals surface area (Å²) in [6.07, 6.45) is 0. The molecule has 0 radical (unpaired) electrons. The number of phenols is 1. The zero-order chi connectivity index (χ0) is 8.72. The zero-order valence-electron chi connectivity index (χ0n) is 5.84. The number of fused-ring (bicyclic) bond motifs is 1. The van der Waals surface area contributed by atoms with E-state index in [0.29, 0.717) is 5.39 Å². The molecule has 0 saturated heterocycles. The fourth-order valence-electron chi connectivity index (χ4n) is 1.05. The first kappa shape index (κ1) is 8.25. The first-order valence-electron chi connectivity index (χ1n) is 3.23. The number of benzene rings is 1. The number of rotatable bonds is 0. The molecule has 1 aromatic heterocycles. The largest absolute Gasteiger partial charge is 0.508 e. The maximum atomic E-state index is 13.0. The van der Waals surface area contributed by atoms with Gasteiger partial charge in [0.1, 0.15) is 11.6 Å². The summed E-state index contributed by atoms with van der Waals surface area (Å²) in [5, 5.41) is 11.1. The highest BCUT2D eigenvalue weighted by Crippen LogP contribution is 2.32. The van der Waals surface area contributed by atoms with Gasteiger partial charge in [0.05, 0.1) is 4.70 Å². The Hall–Kier alpha value is -0.360. The molecule has 0 spiro atoms. The zero-order valence-corrected chi connectivity index (χ0v) is 8.82. The lowest BCUT2D eigenvalue weighted by Gasteiger charge is -1.95. The number of thiophene rings is 1. The summed E-state index contributed by atoms with van der Waals surface area (Å²) in [5.41, 5.74) is 0. The number of halogens is 2. The van der Waals surface area contributed by atoms with Crippen LogP contribution < -0.4 is 0 Å². The van der Waals surface area contributed by atoms with E-state index in [2.05, 4.69) is 22.6 Å². The maximum Gasteiger partial charge on any atom is 0.141 e. The molecule has 0 aliphatic carbocycles. The summed E-state index contributed by atoms with van der Waals surface area (Å²) >= 11 is 3.44. The lowest BCUT2D eigenvalue weighted by Crippen LogP contribution is -1.73. The molecular weight excluding hydrogens is 290 g/mol. The van der Waals surface area contributed by atoms with Crippen LogP contribution in [0.3, 0.4) is 0 Å².